The van der Waals surface area contributed by atoms with Crippen molar-refractivity contribution in [1.82, 2.24) is 0 Å². The summed E-state index contributed by atoms with van der Waals surface area (Å²) < 4.78 is 16.3. The van der Waals surface area contributed by atoms with E-state index in [0.29, 0.717) is 23.3 Å². The van der Waals surface area contributed by atoms with Crippen LogP contribution in [-0.2, 0) is 11.3 Å². The molecule has 0 saturated carbocycles. The molecule has 128 valence electrons. The van der Waals surface area contributed by atoms with E-state index in [1.807, 2.05) is 44.2 Å². The van der Waals surface area contributed by atoms with E-state index in [1.54, 1.807) is 12.1 Å². The van der Waals surface area contributed by atoms with Gasteiger partial charge < -0.3 is 13.9 Å². The second-order valence-electron chi connectivity index (χ2n) is 5.59. The van der Waals surface area contributed by atoms with Crippen LogP contribution in [-0.4, -0.2) is 12.6 Å². The van der Waals surface area contributed by atoms with E-state index in [1.165, 1.54) is 6.07 Å². The molecular weight excluding hydrogens is 320 g/mol. The van der Waals surface area contributed by atoms with Gasteiger partial charge in [0.2, 0.25) is 5.76 Å². The molecule has 0 bridgehead atoms. The van der Waals surface area contributed by atoms with Crippen molar-refractivity contribution in [3.63, 3.8) is 0 Å². The highest BCUT2D eigenvalue weighted by atomic mass is 16.5. The zero-order valence-electron chi connectivity index (χ0n) is 14.1. The van der Waals surface area contributed by atoms with Gasteiger partial charge in [0.1, 0.15) is 17.9 Å². The molecule has 2 aromatic carbocycles. The lowest BCUT2D eigenvalue weighted by Gasteiger charge is -2.10. The molecule has 0 radical (unpaired) electrons. The fourth-order valence-electron chi connectivity index (χ4n) is 2.50. The Morgan fingerprint density at radius 3 is 2.72 bits per heavy atom. The van der Waals surface area contributed by atoms with Crippen molar-refractivity contribution < 1.29 is 18.7 Å². The van der Waals surface area contributed by atoms with Crippen molar-refractivity contribution in [2.24, 2.45) is 0 Å². The molecule has 0 amide bonds. The van der Waals surface area contributed by atoms with Gasteiger partial charge in [0.25, 0.3) is 0 Å². The molecule has 3 aromatic rings. The van der Waals surface area contributed by atoms with E-state index in [4.69, 9.17) is 13.9 Å². The molecule has 0 N–H and O–H groups in total. The first-order valence-electron chi connectivity index (χ1n) is 8.01. The third-order valence-electron chi connectivity index (χ3n) is 3.72. The lowest BCUT2D eigenvalue weighted by molar-refractivity contribution is 0.0433. The average Bonchev–Trinajstić information content (AvgIpc) is 2.61. The van der Waals surface area contributed by atoms with Crippen LogP contribution in [0.15, 0.2) is 57.7 Å². The molecule has 0 saturated heterocycles. The van der Waals surface area contributed by atoms with Crippen molar-refractivity contribution in [3.8, 4) is 5.75 Å². The molecule has 0 spiro atoms. The Kier molecular flexibility index (Phi) is 4.84. The lowest BCUT2D eigenvalue weighted by Crippen LogP contribution is -2.10. The van der Waals surface area contributed by atoms with Crippen LogP contribution in [0.5, 0.6) is 5.75 Å². The van der Waals surface area contributed by atoms with Gasteiger partial charge in [0.15, 0.2) is 5.43 Å². The molecule has 0 fully saturated rings. The first kappa shape index (κ1) is 16.8. The first-order chi connectivity index (χ1) is 12.1. The maximum Gasteiger partial charge on any atom is 0.374 e. The molecule has 3 rings (SSSR count). The number of carbonyl (C=O) groups excluding carboxylic acids is 1. The molecule has 0 aliphatic heterocycles. The number of carbonyl (C=O) groups is 1. The van der Waals surface area contributed by atoms with Crippen LogP contribution in [0.4, 0.5) is 0 Å². The summed E-state index contributed by atoms with van der Waals surface area (Å²) in [5.41, 5.74) is 1.78. The molecule has 1 heterocycles. The van der Waals surface area contributed by atoms with E-state index in [2.05, 4.69) is 0 Å². The zero-order valence-corrected chi connectivity index (χ0v) is 14.1. The third-order valence-corrected chi connectivity index (χ3v) is 3.72. The van der Waals surface area contributed by atoms with E-state index >= 15 is 0 Å². The fourth-order valence-corrected chi connectivity index (χ4v) is 2.50. The Bertz CT molecular complexity index is 971. The SMILES string of the molecule is CCOc1ccccc1COC(=O)c1cc(=O)c2cc(C)ccc2o1. The molecule has 25 heavy (non-hydrogen) atoms. The topological polar surface area (TPSA) is 65.7 Å². The first-order valence-corrected chi connectivity index (χ1v) is 8.01. The van der Waals surface area contributed by atoms with Crippen molar-refractivity contribution in [1.29, 1.82) is 0 Å². The summed E-state index contributed by atoms with van der Waals surface area (Å²) in [7, 11) is 0. The summed E-state index contributed by atoms with van der Waals surface area (Å²) in [5.74, 6) is -0.144. The van der Waals surface area contributed by atoms with Crippen LogP contribution < -0.4 is 10.2 Å². The maximum atomic E-state index is 12.3. The van der Waals surface area contributed by atoms with E-state index in [0.717, 1.165) is 11.1 Å². The van der Waals surface area contributed by atoms with Gasteiger partial charge in [-0.1, -0.05) is 29.8 Å². The molecular formula is C20H18O5. The summed E-state index contributed by atoms with van der Waals surface area (Å²) in [4.78, 5) is 24.4. The lowest BCUT2D eigenvalue weighted by atomic mass is 10.1. The highest BCUT2D eigenvalue weighted by Gasteiger charge is 2.15. The average molecular weight is 338 g/mol. The Balaban J connectivity index is 1.81. The Morgan fingerprint density at radius 2 is 1.92 bits per heavy atom. The standard InChI is InChI=1S/C20H18O5/c1-3-23-17-7-5-4-6-14(17)12-24-20(22)19-11-16(21)15-10-13(2)8-9-18(15)25-19/h4-11H,3,12H2,1-2H3. The molecule has 1 aromatic heterocycles. The van der Waals surface area contributed by atoms with Crippen LogP contribution in [0.2, 0.25) is 0 Å². The van der Waals surface area contributed by atoms with Crippen LogP contribution in [0.3, 0.4) is 0 Å². The Labute approximate surface area is 144 Å². The fraction of sp³-hybridized carbons (Fsp3) is 0.200. The Hall–Kier alpha value is -3.08. The summed E-state index contributed by atoms with van der Waals surface area (Å²) in [5, 5.41) is 0.443. The molecule has 0 atom stereocenters. The molecule has 5 nitrogen and oxygen atoms in total. The molecule has 0 aliphatic carbocycles. The van der Waals surface area contributed by atoms with Crippen molar-refractivity contribution >= 4 is 16.9 Å². The predicted octanol–water partition coefficient (Wildman–Crippen LogP) is 3.86. The minimum absolute atomic E-state index is 0.0324. The van der Waals surface area contributed by atoms with Gasteiger partial charge in [-0.05, 0) is 32.0 Å². The van der Waals surface area contributed by atoms with Gasteiger partial charge in [-0.25, -0.2) is 4.79 Å². The van der Waals surface area contributed by atoms with Crippen LogP contribution in [0.25, 0.3) is 11.0 Å². The van der Waals surface area contributed by atoms with Gasteiger partial charge in [-0.3, -0.25) is 4.79 Å². The number of para-hydroxylation sites is 1. The molecule has 0 unspecified atom stereocenters. The number of aryl methyl sites for hydroxylation is 1. The highest BCUT2D eigenvalue weighted by molar-refractivity contribution is 5.89. The predicted molar refractivity (Wildman–Crippen MR) is 94.0 cm³/mol. The summed E-state index contributed by atoms with van der Waals surface area (Å²) in [6.45, 7) is 4.32. The van der Waals surface area contributed by atoms with Gasteiger partial charge in [0.05, 0.1) is 12.0 Å². The number of esters is 1. The van der Waals surface area contributed by atoms with Gasteiger partial charge >= 0.3 is 5.97 Å². The number of hydrogen-bond donors (Lipinski definition) is 0. The number of fused-ring (bicyclic) bond motifs is 1. The molecule has 5 heteroatoms. The third kappa shape index (κ3) is 3.71. The second-order valence-corrected chi connectivity index (χ2v) is 5.59. The minimum atomic E-state index is -0.689. The molecule has 0 aliphatic rings. The van der Waals surface area contributed by atoms with Crippen LogP contribution in [0.1, 0.15) is 28.6 Å². The summed E-state index contributed by atoms with van der Waals surface area (Å²) in [6.07, 6.45) is 0. The summed E-state index contributed by atoms with van der Waals surface area (Å²) in [6, 6.07) is 13.7. The number of ether oxygens (including phenoxy) is 2. The van der Waals surface area contributed by atoms with Crippen molar-refractivity contribution in [3.05, 3.63) is 75.6 Å². The zero-order chi connectivity index (χ0) is 17.8. The van der Waals surface area contributed by atoms with Crippen LogP contribution >= 0.6 is 0 Å². The van der Waals surface area contributed by atoms with E-state index in [-0.39, 0.29) is 17.8 Å². The van der Waals surface area contributed by atoms with Crippen LogP contribution in [0, 0.1) is 6.92 Å². The second kappa shape index (κ2) is 7.21. The number of hydrogen-bond acceptors (Lipinski definition) is 5. The van der Waals surface area contributed by atoms with Gasteiger partial charge in [-0.2, -0.15) is 0 Å². The highest BCUT2D eigenvalue weighted by Crippen LogP contribution is 2.20. The minimum Gasteiger partial charge on any atom is -0.493 e. The normalized spacial score (nSPS) is 10.6. The summed E-state index contributed by atoms with van der Waals surface area (Å²) >= 11 is 0. The number of benzene rings is 2. The smallest absolute Gasteiger partial charge is 0.374 e. The van der Waals surface area contributed by atoms with Gasteiger partial charge in [0, 0.05) is 11.6 Å². The number of rotatable bonds is 5. The van der Waals surface area contributed by atoms with Gasteiger partial charge in [-0.15, -0.1) is 0 Å². The van der Waals surface area contributed by atoms with E-state index in [9.17, 15) is 9.59 Å². The van der Waals surface area contributed by atoms with Crippen molar-refractivity contribution in [2.75, 3.05) is 6.61 Å². The quantitative estimate of drug-likeness (QED) is 0.661. The largest absolute Gasteiger partial charge is 0.493 e. The van der Waals surface area contributed by atoms with Crippen molar-refractivity contribution in [2.45, 2.75) is 20.5 Å². The Morgan fingerprint density at radius 1 is 1.12 bits per heavy atom. The monoisotopic (exact) mass is 338 g/mol. The maximum absolute atomic E-state index is 12.3. The van der Waals surface area contributed by atoms with E-state index < -0.39 is 5.97 Å².